The van der Waals surface area contributed by atoms with Crippen LogP contribution in [-0.2, 0) is 0 Å². The van der Waals surface area contributed by atoms with E-state index in [4.69, 9.17) is 4.98 Å². The van der Waals surface area contributed by atoms with E-state index in [1.165, 1.54) is 18.5 Å². The van der Waals surface area contributed by atoms with Gasteiger partial charge in [-0.1, -0.05) is 25.2 Å². The summed E-state index contributed by atoms with van der Waals surface area (Å²) in [6.07, 6.45) is 2.36. The number of fused-ring (bicyclic) bond motifs is 1. The quantitative estimate of drug-likeness (QED) is 0.936. The molecule has 5 heteroatoms. The molecule has 3 rings (SSSR count). The molecule has 0 radical (unpaired) electrons. The summed E-state index contributed by atoms with van der Waals surface area (Å²) in [6, 6.07) is 5.83. The van der Waals surface area contributed by atoms with Crippen molar-refractivity contribution in [3.63, 3.8) is 0 Å². The van der Waals surface area contributed by atoms with E-state index in [1.54, 1.807) is 11.3 Å². The average Bonchev–Trinajstić information content (AvgIpc) is 2.92. The van der Waals surface area contributed by atoms with Crippen LogP contribution in [0, 0.1) is 6.92 Å². The van der Waals surface area contributed by atoms with Crippen molar-refractivity contribution in [2.24, 2.45) is 0 Å². The van der Waals surface area contributed by atoms with Crippen molar-refractivity contribution in [1.29, 1.82) is 0 Å². The molecule has 1 fully saturated rings. The molecule has 0 amide bonds. The van der Waals surface area contributed by atoms with Crippen molar-refractivity contribution in [3.8, 4) is 0 Å². The first-order chi connectivity index (χ1) is 10.6. The number of thiazole rings is 1. The molecule has 4 nitrogen and oxygen atoms in total. The second kappa shape index (κ2) is 6.60. The van der Waals surface area contributed by atoms with Crippen molar-refractivity contribution in [1.82, 2.24) is 20.2 Å². The Hall–Kier alpha value is -1.04. The lowest BCUT2D eigenvalue weighted by Crippen LogP contribution is -2.56. The summed E-state index contributed by atoms with van der Waals surface area (Å²) in [5.74, 6) is 0. The van der Waals surface area contributed by atoms with Crippen LogP contribution in [0.4, 0.5) is 0 Å². The summed E-state index contributed by atoms with van der Waals surface area (Å²) in [6.45, 7) is 11.1. The van der Waals surface area contributed by atoms with Gasteiger partial charge >= 0.3 is 0 Å². The summed E-state index contributed by atoms with van der Waals surface area (Å²) < 4.78 is 0. The smallest absolute Gasteiger partial charge is 0.143 e. The first-order valence-corrected chi connectivity index (χ1v) is 9.17. The number of nitrogens with zero attached hydrogens (tertiary/aromatic N) is 3. The lowest BCUT2D eigenvalue weighted by Gasteiger charge is -2.43. The van der Waals surface area contributed by atoms with Gasteiger partial charge in [0.25, 0.3) is 0 Å². The maximum absolute atomic E-state index is 4.88. The minimum absolute atomic E-state index is 0.355. The Morgan fingerprint density at radius 1 is 1.32 bits per heavy atom. The third-order valence-electron chi connectivity index (χ3n) is 4.82. The highest BCUT2D eigenvalue weighted by Gasteiger charge is 2.30. The predicted octanol–water partition coefficient (Wildman–Crippen LogP) is 3.52. The molecule has 0 spiro atoms. The molecular formula is C17H26N4S. The number of pyridine rings is 1. The van der Waals surface area contributed by atoms with Crippen molar-refractivity contribution >= 4 is 21.7 Å². The van der Waals surface area contributed by atoms with E-state index in [0.717, 1.165) is 28.4 Å². The number of hydrogen-bond donors (Lipinski definition) is 1. The second-order valence-corrected chi connectivity index (χ2v) is 7.42. The highest BCUT2D eigenvalue weighted by molar-refractivity contribution is 7.18. The van der Waals surface area contributed by atoms with Gasteiger partial charge in [-0.05, 0) is 38.8 Å². The molecule has 0 aromatic carbocycles. The number of nitrogens with one attached hydrogen (secondary N) is 1. The van der Waals surface area contributed by atoms with Gasteiger partial charge in [0.2, 0.25) is 0 Å². The Bertz CT molecular complexity index is 639. The summed E-state index contributed by atoms with van der Waals surface area (Å²) >= 11 is 1.69. The third-order valence-corrected chi connectivity index (χ3v) is 5.70. The van der Waals surface area contributed by atoms with Crippen LogP contribution in [0.2, 0.25) is 0 Å². The molecule has 0 aliphatic carbocycles. The Morgan fingerprint density at radius 3 is 2.86 bits per heavy atom. The van der Waals surface area contributed by atoms with Gasteiger partial charge < -0.3 is 5.32 Å². The predicted molar refractivity (Wildman–Crippen MR) is 93.4 cm³/mol. The SMILES string of the molecule is CC[C@H]1CN(C(C)c2ccc3nc(C)sc3n2)[C@H](CC)CN1. The molecule has 120 valence electrons. The van der Waals surface area contributed by atoms with Gasteiger partial charge in [-0.25, -0.2) is 9.97 Å². The van der Waals surface area contributed by atoms with Crippen LogP contribution < -0.4 is 5.32 Å². The number of hydrogen-bond acceptors (Lipinski definition) is 5. The fourth-order valence-corrected chi connectivity index (χ4v) is 4.15. The molecule has 0 saturated carbocycles. The third kappa shape index (κ3) is 3.03. The van der Waals surface area contributed by atoms with Gasteiger partial charge in [-0.3, -0.25) is 4.90 Å². The summed E-state index contributed by atoms with van der Waals surface area (Å²) in [7, 11) is 0. The molecular weight excluding hydrogens is 292 g/mol. The van der Waals surface area contributed by atoms with Crippen LogP contribution in [0.25, 0.3) is 10.3 Å². The van der Waals surface area contributed by atoms with Crippen LogP contribution >= 0.6 is 11.3 Å². The Balaban J connectivity index is 1.86. The molecule has 0 bridgehead atoms. The number of aryl methyl sites for hydroxylation is 1. The molecule has 2 aromatic heterocycles. The zero-order valence-electron chi connectivity index (χ0n) is 14.0. The number of piperazine rings is 1. The second-order valence-electron chi connectivity index (χ2n) is 6.24. The summed E-state index contributed by atoms with van der Waals surface area (Å²) in [5.41, 5.74) is 2.20. The maximum Gasteiger partial charge on any atom is 0.143 e. The Morgan fingerprint density at radius 2 is 2.14 bits per heavy atom. The van der Waals surface area contributed by atoms with Crippen LogP contribution in [0.3, 0.4) is 0 Å². The zero-order valence-corrected chi connectivity index (χ0v) is 14.8. The first-order valence-electron chi connectivity index (χ1n) is 8.35. The van der Waals surface area contributed by atoms with Gasteiger partial charge in [0.1, 0.15) is 10.3 Å². The molecule has 1 unspecified atom stereocenters. The van der Waals surface area contributed by atoms with E-state index in [-0.39, 0.29) is 0 Å². The van der Waals surface area contributed by atoms with Gasteiger partial charge in [0.05, 0.1) is 10.7 Å². The zero-order chi connectivity index (χ0) is 15.7. The molecule has 1 aliphatic heterocycles. The lowest BCUT2D eigenvalue weighted by atomic mass is 10.0. The van der Waals surface area contributed by atoms with Crippen molar-refractivity contribution < 1.29 is 0 Å². The highest BCUT2D eigenvalue weighted by Crippen LogP contribution is 2.28. The van der Waals surface area contributed by atoms with Crippen LogP contribution in [0.15, 0.2) is 12.1 Å². The standard InChI is InChI=1S/C17H26N4S/c1-5-13-10-21(14(6-2)9-18-13)11(3)15-7-8-16-17(20-15)22-12(4)19-16/h7-8,11,13-14,18H,5-6,9-10H2,1-4H3/t11?,13-,14+/m0/s1. The summed E-state index contributed by atoms with van der Waals surface area (Å²) in [4.78, 5) is 13.1. The molecule has 3 atom stereocenters. The Kier molecular flexibility index (Phi) is 4.76. The minimum atomic E-state index is 0.355. The van der Waals surface area contributed by atoms with Crippen LogP contribution in [0.1, 0.15) is 50.4 Å². The molecule has 2 aromatic rings. The number of aromatic nitrogens is 2. The van der Waals surface area contributed by atoms with Gasteiger partial charge in [-0.15, -0.1) is 0 Å². The lowest BCUT2D eigenvalue weighted by molar-refractivity contribution is 0.0833. The van der Waals surface area contributed by atoms with Crippen LogP contribution in [-0.4, -0.2) is 40.0 Å². The first kappa shape index (κ1) is 15.8. The monoisotopic (exact) mass is 318 g/mol. The van der Waals surface area contributed by atoms with E-state index < -0.39 is 0 Å². The minimum Gasteiger partial charge on any atom is -0.311 e. The topological polar surface area (TPSA) is 41.1 Å². The van der Waals surface area contributed by atoms with E-state index >= 15 is 0 Å². The molecule has 3 heterocycles. The summed E-state index contributed by atoms with van der Waals surface area (Å²) in [5, 5.41) is 4.76. The van der Waals surface area contributed by atoms with Gasteiger partial charge in [-0.2, -0.15) is 0 Å². The van der Waals surface area contributed by atoms with Crippen molar-refractivity contribution in [3.05, 3.63) is 22.8 Å². The van der Waals surface area contributed by atoms with Crippen molar-refractivity contribution in [2.45, 2.75) is 58.7 Å². The largest absolute Gasteiger partial charge is 0.311 e. The fraction of sp³-hybridized carbons (Fsp3) is 0.647. The maximum atomic E-state index is 4.88. The van der Waals surface area contributed by atoms with E-state index in [9.17, 15) is 0 Å². The van der Waals surface area contributed by atoms with Crippen molar-refractivity contribution in [2.75, 3.05) is 13.1 Å². The molecule has 1 saturated heterocycles. The molecule has 1 aliphatic rings. The molecule has 1 N–H and O–H groups in total. The Labute approximate surface area is 137 Å². The van der Waals surface area contributed by atoms with E-state index in [0.29, 0.717) is 18.1 Å². The highest BCUT2D eigenvalue weighted by atomic mass is 32.1. The average molecular weight is 318 g/mol. The van der Waals surface area contributed by atoms with Crippen LogP contribution in [0.5, 0.6) is 0 Å². The van der Waals surface area contributed by atoms with E-state index in [1.807, 2.05) is 6.92 Å². The normalized spacial score (nSPS) is 24.7. The van der Waals surface area contributed by atoms with Gasteiger partial charge in [0.15, 0.2) is 0 Å². The van der Waals surface area contributed by atoms with Gasteiger partial charge in [0, 0.05) is 31.2 Å². The van der Waals surface area contributed by atoms with E-state index in [2.05, 4.69) is 48.1 Å². The molecule has 22 heavy (non-hydrogen) atoms. The number of rotatable bonds is 4. The fourth-order valence-electron chi connectivity index (χ4n) is 3.36.